The first-order valence-corrected chi connectivity index (χ1v) is 9.91. The fourth-order valence-electron chi connectivity index (χ4n) is 3.71. The Balaban J connectivity index is 2.19. The third-order valence-corrected chi connectivity index (χ3v) is 5.47. The summed E-state index contributed by atoms with van der Waals surface area (Å²) in [6, 6.07) is 14.9. The van der Waals surface area contributed by atoms with E-state index in [0.29, 0.717) is 16.3 Å². The van der Waals surface area contributed by atoms with E-state index in [-0.39, 0.29) is 0 Å². The molecule has 0 unspecified atom stereocenters. The van der Waals surface area contributed by atoms with Crippen LogP contribution in [0.25, 0.3) is 0 Å². The number of aryl methyl sites for hydroxylation is 1. The smallest absolute Gasteiger partial charge is 0.336 e. The average molecular weight is 426 g/mol. The molecule has 1 aliphatic carbocycles. The number of hydrogen-bond donors (Lipinski definition) is 1. The van der Waals surface area contributed by atoms with E-state index >= 15 is 0 Å². The van der Waals surface area contributed by atoms with Crippen molar-refractivity contribution < 1.29 is 19.1 Å². The van der Waals surface area contributed by atoms with E-state index in [1.54, 1.807) is 18.2 Å². The van der Waals surface area contributed by atoms with Crippen LogP contribution >= 0.6 is 11.6 Å². The van der Waals surface area contributed by atoms with Crippen LogP contribution in [-0.4, -0.2) is 26.2 Å². The molecule has 0 saturated heterocycles. The minimum Gasteiger partial charge on any atom is -0.469 e. The molecule has 2 atom stereocenters. The molecule has 0 aliphatic heterocycles. The van der Waals surface area contributed by atoms with Crippen LogP contribution in [0, 0.1) is 12.8 Å². The van der Waals surface area contributed by atoms with E-state index in [9.17, 15) is 9.59 Å². The molecule has 0 aromatic heterocycles. The number of nitrogens with one attached hydrogen (secondary N) is 1. The van der Waals surface area contributed by atoms with E-state index < -0.39 is 23.8 Å². The molecule has 3 rings (SSSR count). The number of anilines is 1. The molecule has 156 valence electrons. The molecule has 2 aromatic rings. The van der Waals surface area contributed by atoms with Gasteiger partial charge in [0.1, 0.15) is 0 Å². The number of carbonyl (C=O) groups excluding carboxylic acids is 2. The summed E-state index contributed by atoms with van der Waals surface area (Å²) in [6.07, 6.45) is 1.81. The fourth-order valence-corrected chi connectivity index (χ4v) is 3.84. The summed E-state index contributed by atoms with van der Waals surface area (Å²) in [5.41, 5.74) is 4.45. The quantitative estimate of drug-likeness (QED) is 0.681. The van der Waals surface area contributed by atoms with E-state index in [2.05, 4.69) is 5.32 Å². The van der Waals surface area contributed by atoms with Gasteiger partial charge in [-0.15, -0.1) is 0 Å². The number of allylic oxidation sites excluding steroid dienone is 1. The van der Waals surface area contributed by atoms with Crippen molar-refractivity contribution in [2.75, 3.05) is 19.5 Å². The third kappa shape index (κ3) is 4.41. The summed E-state index contributed by atoms with van der Waals surface area (Å²) in [5.74, 6) is -2.17. The Bertz CT molecular complexity index is 1010. The molecule has 1 aliphatic rings. The summed E-state index contributed by atoms with van der Waals surface area (Å²) < 4.78 is 10.2. The zero-order valence-electron chi connectivity index (χ0n) is 17.4. The highest BCUT2D eigenvalue weighted by atomic mass is 35.5. The molecule has 0 amide bonds. The standard InChI is InChI=1S/C24H24ClNO4/c1-14-5-11-18(12-6-14)26-19-13-15(2)20(23(27)29-3)21(22(19)24(28)30-4)16-7-9-17(25)10-8-16/h5-13,20-21,26H,1-4H3/t20-,21+/m0/s1. The molecule has 0 spiro atoms. The van der Waals surface area contributed by atoms with Crippen LogP contribution in [0.4, 0.5) is 5.69 Å². The molecular formula is C24H24ClNO4. The number of rotatable bonds is 5. The van der Waals surface area contributed by atoms with Crippen molar-refractivity contribution in [1.82, 2.24) is 0 Å². The van der Waals surface area contributed by atoms with Gasteiger partial charge in [0.25, 0.3) is 0 Å². The SMILES string of the molecule is COC(=O)C1=C(Nc2ccc(C)cc2)C=C(C)[C@H](C(=O)OC)[C@H]1c1ccc(Cl)cc1. The van der Waals surface area contributed by atoms with Crippen molar-refractivity contribution >= 4 is 29.2 Å². The molecule has 30 heavy (non-hydrogen) atoms. The first kappa shape index (κ1) is 21.7. The first-order chi connectivity index (χ1) is 14.3. The lowest BCUT2D eigenvalue weighted by Crippen LogP contribution is -2.33. The molecule has 2 aromatic carbocycles. The normalized spacial score (nSPS) is 18.5. The van der Waals surface area contributed by atoms with Crippen LogP contribution in [0.3, 0.4) is 0 Å². The van der Waals surface area contributed by atoms with Gasteiger partial charge >= 0.3 is 11.9 Å². The highest BCUT2D eigenvalue weighted by Crippen LogP contribution is 2.43. The molecule has 0 saturated carbocycles. The minimum atomic E-state index is -0.658. The van der Waals surface area contributed by atoms with Crippen molar-refractivity contribution in [3.63, 3.8) is 0 Å². The van der Waals surface area contributed by atoms with Gasteiger partial charge in [-0.1, -0.05) is 47.0 Å². The number of hydrogen-bond acceptors (Lipinski definition) is 5. The highest BCUT2D eigenvalue weighted by molar-refractivity contribution is 6.30. The Kier molecular flexibility index (Phi) is 6.63. The van der Waals surface area contributed by atoms with Gasteiger partial charge in [0.15, 0.2) is 0 Å². The van der Waals surface area contributed by atoms with Crippen LogP contribution in [-0.2, 0) is 19.1 Å². The number of benzene rings is 2. The van der Waals surface area contributed by atoms with Crippen LogP contribution in [0.1, 0.15) is 24.0 Å². The summed E-state index contributed by atoms with van der Waals surface area (Å²) in [5, 5.41) is 3.88. The van der Waals surface area contributed by atoms with E-state index in [0.717, 1.165) is 22.4 Å². The third-order valence-electron chi connectivity index (χ3n) is 5.22. The Morgan fingerprint density at radius 2 is 1.57 bits per heavy atom. The van der Waals surface area contributed by atoms with Gasteiger partial charge in [-0.3, -0.25) is 4.79 Å². The zero-order chi connectivity index (χ0) is 21.8. The number of halogens is 1. The van der Waals surface area contributed by atoms with Crippen LogP contribution in [0.5, 0.6) is 0 Å². The van der Waals surface area contributed by atoms with Gasteiger partial charge in [-0.2, -0.15) is 0 Å². The number of esters is 2. The Morgan fingerprint density at radius 1 is 0.933 bits per heavy atom. The van der Waals surface area contributed by atoms with Crippen LogP contribution in [0.2, 0.25) is 5.02 Å². The lowest BCUT2D eigenvalue weighted by molar-refractivity contribution is -0.144. The van der Waals surface area contributed by atoms with Gasteiger partial charge < -0.3 is 14.8 Å². The van der Waals surface area contributed by atoms with Crippen LogP contribution < -0.4 is 5.32 Å². The second kappa shape index (κ2) is 9.18. The fraction of sp³-hybridized carbons (Fsp3) is 0.250. The molecule has 5 nitrogen and oxygen atoms in total. The Morgan fingerprint density at radius 3 is 2.13 bits per heavy atom. The molecule has 0 radical (unpaired) electrons. The predicted octanol–water partition coefficient (Wildman–Crippen LogP) is 5.02. The number of methoxy groups -OCH3 is 2. The summed E-state index contributed by atoms with van der Waals surface area (Å²) >= 11 is 6.06. The molecule has 1 N–H and O–H groups in total. The summed E-state index contributed by atoms with van der Waals surface area (Å²) in [4.78, 5) is 25.6. The van der Waals surface area contributed by atoms with Crippen molar-refractivity contribution in [3.05, 3.63) is 87.6 Å². The van der Waals surface area contributed by atoms with Gasteiger partial charge in [0.05, 0.1) is 25.7 Å². The van der Waals surface area contributed by atoms with E-state index in [4.69, 9.17) is 21.1 Å². The van der Waals surface area contributed by atoms with Gasteiger partial charge in [-0.25, -0.2) is 4.79 Å². The summed E-state index contributed by atoms with van der Waals surface area (Å²) in [6.45, 7) is 3.86. The van der Waals surface area contributed by atoms with Crippen molar-refractivity contribution in [3.8, 4) is 0 Å². The first-order valence-electron chi connectivity index (χ1n) is 9.53. The zero-order valence-corrected chi connectivity index (χ0v) is 18.1. The second-order valence-corrected chi connectivity index (χ2v) is 7.66. The molecule has 0 heterocycles. The lowest BCUT2D eigenvalue weighted by Gasteiger charge is -2.33. The molecule has 0 bridgehead atoms. The highest BCUT2D eigenvalue weighted by Gasteiger charge is 2.41. The summed E-state index contributed by atoms with van der Waals surface area (Å²) in [7, 11) is 2.67. The maximum absolute atomic E-state index is 12.9. The lowest BCUT2D eigenvalue weighted by atomic mass is 9.73. The average Bonchev–Trinajstić information content (AvgIpc) is 2.74. The topological polar surface area (TPSA) is 64.6 Å². The maximum Gasteiger partial charge on any atom is 0.336 e. The van der Waals surface area contributed by atoms with Crippen molar-refractivity contribution in [2.45, 2.75) is 19.8 Å². The second-order valence-electron chi connectivity index (χ2n) is 7.23. The Labute approximate surface area is 181 Å². The van der Waals surface area contributed by atoms with Gasteiger partial charge in [0.2, 0.25) is 0 Å². The van der Waals surface area contributed by atoms with Gasteiger partial charge in [-0.05, 0) is 49.8 Å². The van der Waals surface area contributed by atoms with Crippen molar-refractivity contribution in [2.24, 2.45) is 5.92 Å². The molecule has 6 heteroatoms. The Hall–Kier alpha value is -3.05. The molecule has 0 fully saturated rings. The maximum atomic E-state index is 12.9. The number of carbonyl (C=O) groups is 2. The predicted molar refractivity (Wildman–Crippen MR) is 117 cm³/mol. The van der Waals surface area contributed by atoms with E-state index in [1.165, 1.54) is 14.2 Å². The van der Waals surface area contributed by atoms with Crippen LogP contribution in [0.15, 0.2) is 71.5 Å². The van der Waals surface area contributed by atoms with Crippen molar-refractivity contribution in [1.29, 1.82) is 0 Å². The molecular weight excluding hydrogens is 402 g/mol. The van der Waals surface area contributed by atoms with E-state index in [1.807, 2.05) is 50.2 Å². The minimum absolute atomic E-state index is 0.362. The largest absolute Gasteiger partial charge is 0.469 e. The monoisotopic (exact) mass is 425 g/mol. The number of ether oxygens (including phenoxy) is 2. The van der Waals surface area contributed by atoms with Gasteiger partial charge in [0, 0.05) is 22.3 Å².